The SMILES string of the molecule is COc1cc(C=C2CCc3cccc([N+](=O)[O-])c3C2=NO)c(Br)c(OC)c1OC. The Balaban J connectivity index is 2.19. The molecule has 1 aliphatic rings. The van der Waals surface area contributed by atoms with Crippen LogP contribution in [-0.4, -0.2) is 37.2 Å². The largest absolute Gasteiger partial charge is 0.493 e. The molecule has 0 saturated heterocycles. The van der Waals surface area contributed by atoms with E-state index in [0.717, 1.165) is 5.56 Å². The lowest BCUT2D eigenvalue weighted by molar-refractivity contribution is -0.385. The second-order valence-corrected chi connectivity index (χ2v) is 7.03. The summed E-state index contributed by atoms with van der Waals surface area (Å²) in [5.74, 6) is 1.34. The van der Waals surface area contributed by atoms with E-state index in [9.17, 15) is 15.3 Å². The number of hydrogen-bond acceptors (Lipinski definition) is 7. The number of hydrogen-bond donors (Lipinski definition) is 1. The molecule has 0 atom stereocenters. The van der Waals surface area contributed by atoms with Crippen LogP contribution in [0.5, 0.6) is 17.2 Å². The number of nitro groups is 1. The number of ether oxygens (including phenoxy) is 3. The number of methoxy groups -OCH3 is 3. The number of oxime groups is 1. The second kappa shape index (κ2) is 8.52. The second-order valence-electron chi connectivity index (χ2n) is 6.24. The normalized spacial score (nSPS) is 15.9. The van der Waals surface area contributed by atoms with Crippen LogP contribution in [0, 0.1) is 10.1 Å². The Bertz CT molecular complexity index is 1030. The number of rotatable bonds is 5. The van der Waals surface area contributed by atoms with E-state index in [0.29, 0.717) is 51.3 Å². The van der Waals surface area contributed by atoms with Gasteiger partial charge in [-0.1, -0.05) is 17.3 Å². The van der Waals surface area contributed by atoms with E-state index in [-0.39, 0.29) is 11.4 Å². The molecule has 0 radical (unpaired) electrons. The van der Waals surface area contributed by atoms with Gasteiger partial charge in [0.05, 0.1) is 36.3 Å². The molecule has 0 spiro atoms. The third-order valence-corrected chi connectivity index (χ3v) is 5.58. The number of fused-ring (bicyclic) bond motifs is 1. The average Bonchev–Trinajstić information content (AvgIpc) is 2.73. The van der Waals surface area contributed by atoms with Gasteiger partial charge in [-0.3, -0.25) is 10.1 Å². The maximum absolute atomic E-state index is 11.5. The van der Waals surface area contributed by atoms with Crippen LogP contribution in [0.15, 0.2) is 39.5 Å². The fourth-order valence-corrected chi connectivity index (χ4v) is 4.03. The number of halogens is 1. The molecular weight excluding hydrogens is 444 g/mol. The van der Waals surface area contributed by atoms with Gasteiger partial charge < -0.3 is 19.4 Å². The maximum atomic E-state index is 11.5. The van der Waals surface area contributed by atoms with E-state index in [2.05, 4.69) is 21.1 Å². The summed E-state index contributed by atoms with van der Waals surface area (Å²) in [4.78, 5) is 11.0. The predicted molar refractivity (Wildman–Crippen MR) is 112 cm³/mol. The summed E-state index contributed by atoms with van der Waals surface area (Å²) in [6.45, 7) is 0. The first-order chi connectivity index (χ1) is 14.0. The van der Waals surface area contributed by atoms with Crippen molar-refractivity contribution in [2.45, 2.75) is 12.8 Å². The minimum atomic E-state index is -0.470. The van der Waals surface area contributed by atoms with E-state index in [1.807, 2.05) is 0 Å². The Morgan fingerprint density at radius 2 is 1.90 bits per heavy atom. The van der Waals surface area contributed by atoms with Gasteiger partial charge in [-0.2, -0.15) is 0 Å². The van der Waals surface area contributed by atoms with Crippen LogP contribution in [0.4, 0.5) is 5.69 Å². The van der Waals surface area contributed by atoms with Gasteiger partial charge in [0.25, 0.3) is 5.69 Å². The van der Waals surface area contributed by atoms with Crippen molar-refractivity contribution in [2.24, 2.45) is 5.16 Å². The lowest BCUT2D eigenvalue weighted by Crippen LogP contribution is -2.17. The number of allylic oxidation sites excluding steroid dienone is 1. The Kier molecular flexibility index (Phi) is 6.07. The molecule has 0 aromatic heterocycles. The molecule has 0 bridgehead atoms. The molecule has 3 rings (SSSR count). The predicted octanol–water partition coefficient (Wildman–Crippen LogP) is 4.59. The van der Waals surface area contributed by atoms with E-state index < -0.39 is 4.92 Å². The van der Waals surface area contributed by atoms with Crippen LogP contribution < -0.4 is 14.2 Å². The average molecular weight is 463 g/mol. The van der Waals surface area contributed by atoms with Crippen LogP contribution in [0.2, 0.25) is 0 Å². The van der Waals surface area contributed by atoms with E-state index in [1.54, 1.807) is 24.3 Å². The fraction of sp³-hybridized carbons (Fsp3) is 0.250. The first kappa shape index (κ1) is 20.7. The highest BCUT2D eigenvalue weighted by molar-refractivity contribution is 9.10. The number of nitrogens with zero attached hydrogens (tertiary/aromatic N) is 2. The Morgan fingerprint density at radius 1 is 1.17 bits per heavy atom. The van der Waals surface area contributed by atoms with Crippen LogP contribution >= 0.6 is 15.9 Å². The quantitative estimate of drug-likeness (QED) is 0.395. The molecule has 0 amide bonds. The van der Waals surface area contributed by atoms with Gasteiger partial charge in [0, 0.05) is 6.07 Å². The first-order valence-electron chi connectivity index (χ1n) is 8.64. The van der Waals surface area contributed by atoms with E-state index in [1.165, 1.54) is 27.4 Å². The number of aryl methyl sites for hydroxylation is 1. The van der Waals surface area contributed by atoms with Crippen molar-refractivity contribution in [3.8, 4) is 17.2 Å². The topological polar surface area (TPSA) is 103 Å². The molecule has 152 valence electrons. The fourth-order valence-electron chi connectivity index (χ4n) is 3.46. The molecular formula is C20H19BrN2O6. The van der Waals surface area contributed by atoms with Gasteiger partial charge in [0.15, 0.2) is 11.5 Å². The monoisotopic (exact) mass is 462 g/mol. The third kappa shape index (κ3) is 3.65. The van der Waals surface area contributed by atoms with Crippen molar-refractivity contribution < 1.29 is 24.3 Å². The molecule has 1 aliphatic carbocycles. The van der Waals surface area contributed by atoms with Crippen molar-refractivity contribution in [3.05, 3.63) is 61.1 Å². The summed E-state index contributed by atoms with van der Waals surface area (Å²) < 4.78 is 16.8. The summed E-state index contributed by atoms with van der Waals surface area (Å²) in [6, 6.07) is 6.60. The van der Waals surface area contributed by atoms with Crippen molar-refractivity contribution >= 4 is 33.4 Å². The lowest BCUT2D eigenvalue weighted by Gasteiger charge is -2.20. The van der Waals surface area contributed by atoms with Gasteiger partial charge in [-0.05, 0) is 57.6 Å². The summed E-state index contributed by atoms with van der Waals surface area (Å²) >= 11 is 3.52. The Labute approximate surface area is 175 Å². The molecule has 2 aromatic rings. The standard InChI is InChI=1S/C20H19BrN2O6/c1-27-15-10-13(17(21)20(29-3)19(15)28-2)9-12-8-7-11-5-4-6-14(23(25)26)16(11)18(12)22-24/h4-6,9-10,24H,7-8H2,1-3H3. The van der Waals surface area contributed by atoms with Crippen LogP contribution in [0.1, 0.15) is 23.1 Å². The molecule has 8 nitrogen and oxygen atoms in total. The highest BCUT2D eigenvalue weighted by Gasteiger charge is 2.29. The molecule has 9 heteroatoms. The molecule has 0 heterocycles. The summed E-state index contributed by atoms with van der Waals surface area (Å²) in [6.07, 6.45) is 2.93. The van der Waals surface area contributed by atoms with Gasteiger partial charge >= 0.3 is 0 Å². The van der Waals surface area contributed by atoms with Gasteiger partial charge in [0.2, 0.25) is 5.75 Å². The number of nitro benzene ring substituents is 1. The van der Waals surface area contributed by atoms with Crippen LogP contribution in [-0.2, 0) is 6.42 Å². The third-order valence-electron chi connectivity index (χ3n) is 4.76. The molecule has 0 fully saturated rings. The van der Waals surface area contributed by atoms with Gasteiger partial charge in [-0.15, -0.1) is 0 Å². The summed E-state index contributed by atoms with van der Waals surface area (Å²) in [5, 5.41) is 24.6. The zero-order valence-electron chi connectivity index (χ0n) is 16.1. The minimum absolute atomic E-state index is 0.0927. The molecule has 2 aromatic carbocycles. The summed E-state index contributed by atoms with van der Waals surface area (Å²) in [5.41, 5.74) is 2.54. The van der Waals surface area contributed by atoms with Gasteiger partial charge in [0.1, 0.15) is 5.71 Å². The van der Waals surface area contributed by atoms with E-state index >= 15 is 0 Å². The zero-order valence-corrected chi connectivity index (χ0v) is 17.6. The molecule has 0 unspecified atom stereocenters. The first-order valence-corrected chi connectivity index (χ1v) is 9.44. The Morgan fingerprint density at radius 3 is 2.48 bits per heavy atom. The maximum Gasteiger partial charge on any atom is 0.279 e. The number of benzene rings is 2. The molecule has 0 aliphatic heterocycles. The van der Waals surface area contributed by atoms with Crippen molar-refractivity contribution in [2.75, 3.05) is 21.3 Å². The van der Waals surface area contributed by atoms with E-state index in [4.69, 9.17) is 14.2 Å². The summed E-state index contributed by atoms with van der Waals surface area (Å²) in [7, 11) is 4.54. The molecule has 29 heavy (non-hydrogen) atoms. The smallest absolute Gasteiger partial charge is 0.279 e. The lowest BCUT2D eigenvalue weighted by atomic mass is 9.84. The molecule has 0 saturated carbocycles. The van der Waals surface area contributed by atoms with Gasteiger partial charge in [-0.25, -0.2) is 0 Å². The van der Waals surface area contributed by atoms with Crippen molar-refractivity contribution in [1.29, 1.82) is 0 Å². The highest BCUT2D eigenvalue weighted by Crippen LogP contribution is 2.46. The zero-order chi connectivity index (χ0) is 21.1. The van der Waals surface area contributed by atoms with Crippen molar-refractivity contribution in [1.82, 2.24) is 0 Å². The van der Waals surface area contributed by atoms with Crippen LogP contribution in [0.25, 0.3) is 6.08 Å². The molecule has 1 N–H and O–H groups in total. The highest BCUT2D eigenvalue weighted by atomic mass is 79.9. The Hall–Kier alpha value is -3.07. The van der Waals surface area contributed by atoms with Crippen molar-refractivity contribution in [3.63, 3.8) is 0 Å². The van der Waals surface area contributed by atoms with Crippen LogP contribution in [0.3, 0.4) is 0 Å². The minimum Gasteiger partial charge on any atom is -0.493 e.